The van der Waals surface area contributed by atoms with Gasteiger partial charge in [0, 0.05) is 5.92 Å². The van der Waals surface area contributed by atoms with E-state index in [9.17, 15) is 5.11 Å². The summed E-state index contributed by atoms with van der Waals surface area (Å²) in [6.07, 6.45) is 11.5. The van der Waals surface area contributed by atoms with E-state index in [1.165, 1.54) is 25.7 Å². The highest BCUT2D eigenvalue weighted by Crippen LogP contribution is 2.50. The van der Waals surface area contributed by atoms with Crippen LogP contribution in [0.4, 0.5) is 0 Å². The summed E-state index contributed by atoms with van der Waals surface area (Å²) in [6, 6.07) is 0. The van der Waals surface area contributed by atoms with Crippen molar-refractivity contribution in [2.24, 2.45) is 11.8 Å². The monoisotopic (exact) mass is 319 g/mol. The molecule has 1 saturated heterocycles. The molecule has 3 fully saturated rings. The molecule has 5 nitrogen and oxygen atoms in total. The van der Waals surface area contributed by atoms with Gasteiger partial charge in [0.05, 0.1) is 0 Å². The van der Waals surface area contributed by atoms with Crippen molar-refractivity contribution >= 4 is 0 Å². The SMILES string of the molecule is OC(c1noc(C2CCNCC2)n1)(C1CCCCC1)C1CCC1. The minimum Gasteiger partial charge on any atom is -0.381 e. The second-order valence-electron chi connectivity index (χ2n) is 7.77. The van der Waals surface area contributed by atoms with Gasteiger partial charge in [-0.3, -0.25) is 0 Å². The predicted octanol–water partition coefficient (Wildman–Crippen LogP) is 3.10. The van der Waals surface area contributed by atoms with Gasteiger partial charge in [0.2, 0.25) is 11.7 Å². The minimum absolute atomic E-state index is 0.306. The van der Waals surface area contributed by atoms with E-state index in [2.05, 4.69) is 10.5 Å². The number of rotatable bonds is 4. The van der Waals surface area contributed by atoms with E-state index in [1.54, 1.807) is 0 Å². The Morgan fingerprint density at radius 2 is 1.57 bits per heavy atom. The van der Waals surface area contributed by atoms with Crippen molar-refractivity contribution in [3.05, 3.63) is 11.7 Å². The highest BCUT2D eigenvalue weighted by Gasteiger charge is 2.50. The van der Waals surface area contributed by atoms with Crippen LogP contribution in [-0.4, -0.2) is 28.3 Å². The quantitative estimate of drug-likeness (QED) is 0.892. The lowest BCUT2D eigenvalue weighted by atomic mass is 9.63. The van der Waals surface area contributed by atoms with E-state index in [0.29, 0.717) is 23.6 Å². The van der Waals surface area contributed by atoms with Crippen molar-refractivity contribution < 1.29 is 9.63 Å². The van der Waals surface area contributed by atoms with Crippen molar-refractivity contribution in [3.63, 3.8) is 0 Å². The van der Waals surface area contributed by atoms with E-state index in [1.807, 2.05) is 0 Å². The molecule has 1 atom stereocenters. The zero-order valence-corrected chi connectivity index (χ0v) is 14.0. The Hall–Kier alpha value is -0.940. The van der Waals surface area contributed by atoms with Gasteiger partial charge in [0.15, 0.2) is 0 Å². The van der Waals surface area contributed by atoms with Gasteiger partial charge < -0.3 is 14.9 Å². The first-order chi connectivity index (χ1) is 11.3. The first-order valence-corrected chi connectivity index (χ1v) is 9.55. The predicted molar refractivity (Wildman–Crippen MR) is 87.0 cm³/mol. The molecule has 1 aromatic rings. The molecule has 23 heavy (non-hydrogen) atoms. The molecule has 2 aliphatic carbocycles. The van der Waals surface area contributed by atoms with Crippen LogP contribution in [0.25, 0.3) is 0 Å². The Balaban J connectivity index is 1.59. The fourth-order valence-corrected chi connectivity index (χ4v) is 4.72. The summed E-state index contributed by atoms with van der Waals surface area (Å²) in [5.74, 6) is 2.32. The fraction of sp³-hybridized carbons (Fsp3) is 0.889. The summed E-state index contributed by atoms with van der Waals surface area (Å²) in [7, 11) is 0. The van der Waals surface area contributed by atoms with Crippen LogP contribution >= 0.6 is 0 Å². The summed E-state index contributed by atoms with van der Waals surface area (Å²) in [4.78, 5) is 4.73. The maximum atomic E-state index is 11.6. The highest BCUT2D eigenvalue weighted by atomic mass is 16.5. The number of piperidine rings is 1. The molecule has 2 heterocycles. The number of aliphatic hydroxyl groups is 1. The lowest BCUT2D eigenvalue weighted by Gasteiger charge is -2.45. The molecule has 2 saturated carbocycles. The molecule has 0 radical (unpaired) electrons. The van der Waals surface area contributed by atoms with Crippen molar-refractivity contribution in [1.82, 2.24) is 15.5 Å². The van der Waals surface area contributed by atoms with E-state index in [-0.39, 0.29) is 0 Å². The van der Waals surface area contributed by atoms with Gasteiger partial charge in [-0.2, -0.15) is 4.98 Å². The summed E-state index contributed by atoms with van der Waals surface area (Å²) in [5, 5.41) is 19.3. The van der Waals surface area contributed by atoms with Gasteiger partial charge in [-0.25, -0.2) is 0 Å². The molecule has 2 N–H and O–H groups in total. The maximum absolute atomic E-state index is 11.6. The van der Waals surface area contributed by atoms with Crippen LogP contribution in [0.3, 0.4) is 0 Å². The smallest absolute Gasteiger partial charge is 0.229 e. The van der Waals surface area contributed by atoms with E-state index in [4.69, 9.17) is 9.51 Å². The first-order valence-electron chi connectivity index (χ1n) is 9.55. The minimum atomic E-state index is -0.854. The van der Waals surface area contributed by atoms with Crippen molar-refractivity contribution in [2.75, 3.05) is 13.1 Å². The zero-order chi connectivity index (χ0) is 15.7. The summed E-state index contributed by atoms with van der Waals surface area (Å²) in [5.41, 5.74) is -0.854. The molecule has 0 aromatic carbocycles. The molecule has 5 heteroatoms. The number of nitrogens with one attached hydrogen (secondary N) is 1. The summed E-state index contributed by atoms with van der Waals surface area (Å²) in [6.45, 7) is 2.02. The molecule has 1 unspecified atom stereocenters. The van der Waals surface area contributed by atoms with Gasteiger partial charge >= 0.3 is 0 Å². The molecule has 0 bridgehead atoms. The second-order valence-corrected chi connectivity index (χ2v) is 7.77. The van der Waals surface area contributed by atoms with Crippen molar-refractivity contribution in [1.29, 1.82) is 0 Å². The topological polar surface area (TPSA) is 71.2 Å². The Morgan fingerprint density at radius 3 is 2.17 bits per heavy atom. The molecule has 4 rings (SSSR count). The molecule has 128 valence electrons. The van der Waals surface area contributed by atoms with Crippen LogP contribution in [-0.2, 0) is 5.60 Å². The third-order valence-electron chi connectivity index (χ3n) is 6.44. The van der Waals surface area contributed by atoms with Crippen LogP contribution < -0.4 is 5.32 Å². The normalized spacial score (nSPS) is 27.5. The molecule has 3 aliphatic rings. The van der Waals surface area contributed by atoms with Crippen LogP contribution in [0, 0.1) is 11.8 Å². The third-order valence-corrected chi connectivity index (χ3v) is 6.44. The van der Waals surface area contributed by atoms with E-state index >= 15 is 0 Å². The fourth-order valence-electron chi connectivity index (χ4n) is 4.72. The Morgan fingerprint density at radius 1 is 0.913 bits per heavy atom. The average Bonchev–Trinajstić information content (AvgIpc) is 3.05. The van der Waals surface area contributed by atoms with Crippen LogP contribution in [0.1, 0.15) is 81.8 Å². The Labute approximate surface area is 138 Å². The van der Waals surface area contributed by atoms with Crippen molar-refractivity contribution in [3.8, 4) is 0 Å². The van der Waals surface area contributed by atoms with Gasteiger partial charge in [-0.05, 0) is 63.5 Å². The summed E-state index contributed by atoms with van der Waals surface area (Å²) < 4.78 is 5.61. The van der Waals surface area contributed by atoms with Crippen molar-refractivity contribution in [2.45, 2.75) is 75.7 Å². The lowest BCUT2D eigenvalue weighted by Crippen LogP contribution is -2.47. The maximum Gasteiger partial charge on any atom is 0.229 e. The Kier molecular flexibility index (Phi) is 4.41. The lowest BCUT2D eigenvalue weighted by molar-refractivity contribution is -0.120. The van der Waals surface area contributed by atoms with Gasteiger partial charge in [0.25, 0.3) is 0 Å². The van der Waals surface area contributed by atoms with Crippen LogP contribution in [0.2, 0.25) is 0 Å². The van der Waals surface area contributed by atoms with E-state index < -0.39 is 5.60 Å². The highest BCUT2D eigenvalue weighted by molar-refractivity contribution is 5.10. The molecule has 0 spiro atoms. The number of aromatic nitrogens is 2. The van der Waals surface area contributed by atoms with Gasteiger partial charge in [-0.1, -0.05) is 30.8 Å². The standard InChI is InChI=1S/C18H29N3O2/c22-18(15-7-4-8-15,14-5-2-1-3-6-14)17-20-16(23-21-17)13-9-11-19-12-10-13/h13-15,19,22H,1-12H2. The number of hydrogen-bond acceptors (Lipinski definition) is 5. The van der Waals surface area contributed by atoms with E-state index in [0.717, 1.165) is 57.5 Å². The first kappa shape index (κ1) is 15.6. The molecule has 0 amide bonds. The zero-order valence-electron chi connectivity index (χ0n) is 14.0. The Bertz CT molecular complexity index is 516. The number of nitrogens with zero attached hydrogens (tertiary/aromatic N) is 2. The van der Waals surface area contributed by atoms with Crippen LogP contribution in [0.15, 0.2) is 4.52 Å². The number of hydrogen-bond donors (Lipinski definition) is 2. The average molecular weight is 319 g/mol. The largest absolute Gasteiger partial charge is 0.381 e. The molecular weight excluding hydrogens is 290 g/mol. The second kappa shape index (κ2) is 6.52. The molecule has 1 aromatic heterocycles. The summed E-state index contributed by atoms with van der Waals surface area (Å²) >= 11 is 0. The van der Waals surface area contributed by atoms with Crippen LogP contribution in [0.5, 0.6) is 0 Å². The van der Waals surface area contributed by atoms with Gasteiger partial charge in [0.1, 0.15) is 5.60 Å². The molecular formula is C18H29N3O2. The molecule has 1 aliphatic heterocycles. The third kappa shape index (κ3) is 2.82. The van der Waals surface area contributed by atoms with Gasteiger partial charge in [-0.15, -0.1) is 0 Å².